The van der Waals surface area contributed by atoms with E-state index in [1.165, 1.54) is 5.57 Å². The van der Waals surface area contributed by atoms with Crippen molar-refractivity contribution in [3.05, 3.63) is 11.6 Å². The first kappa shape index (κ1) is 10.7. The third-order valence-corrected chi connectivity index (χ3v) is 3.64. The number of aliphatic hydroxyl groups excluding tert-OH is 2. The lowest BCUT2D eigenvalue weighted by molar-refractivity contribution is -0.0245. The first-order valence-electron chi connectivity index (χ1n) is 4.96. The normalized spacial score (nSPS) is 32.8. The molecule has 0 radical (unpaired) electrons. The molecule has 2 nitrogen and oxygen atoms in total. The molecule has 0 heterocycles. The molecule has 1 aliphatic rings. The average Bonchev–Trinajstić information content (AvgIpc) is 2.05. The zero-order valence-corrected chi connectivity index (χ0v) is 8.75. The standard InChI is InChI=1S/C11H20O2/c1-8-4-9(2)11(6-12,7-13)10(3)5-8/h4,9-10,12-13H,5-7H2,1-3H3/t9-,10-/m1/s1. The van der Waals surface area contributed by atoms with Crippen molar-refractivity contribution >= 4 is 0 Å². The highest BCUT2D eigenvalue weighted by atomic mass is 16.3. The fourth-order valence-corrected chi connectivity index (χ4v) is 2.45. The van der Waals surface area contributed by atoms with Crippen molar-refractivity contribution in [3.63, 3.8) is 0 Å². The summed E-state index contributed by atoms with van der Waals surface area (Å²) in [7, 11) is 0. The molecular formula is C11H20O2. The highest BCUT2D eigenvalue weighted by Crippen LogP contribution is 2.43. The smallest absolute Gasteiger partial charge is 0.0517 e. The van der Waals surface area contributed by atoms with Crippen molar-refractivity contribution < 1.29 is 10.2 Å². The topological polar surface area (TPSA) is 40.5 Å². The monoisotopic (exact) mass is 184 g/mol. The summed E-state index contributed by atoms with van der Waals surface area (Å²) in [6.45, 7) is 6.46. The second kappa shape index (κ2) is 3.81. The predicted octanol–water partition coefficient (Wildman–Crippen LogP) is 1.58. The first-order valence-corrected chi connectivity index (χ1v) is 4.96. The lowest BCUT2D eigenvalue weighted by Crippen LogP contribution is -2.44. The van der Waals surface area contributed by atoms with Gasteiger partial charge >= 0.3 is 0 Å². The van der Waals surface area contributed by atoms with Crippen LogP contribution in [-0.2, 0) is 0 Å². The van der Waals surface area contributed by atoms with Crippen LogP contribution in [0, 0.1) is 17.3 Å². The molecule has 2 N–H and O–H groups in total. The molecule has 0 aromatic carbocycles. The Labute approximate surface area is 80.3 Å². The minimum absolute atomic E-state index is 0.0790. The summed E-state index contributed by atoms with van der Waals surface area (Å²) in [6, 6.07) is 0. The van der Waals surface area contributed by atoms with Crippen LogP contribution in [-0.4, -0.2) is 23.4 Å². The van der Waals surface area contributed by atoms with Crippen LogP contribution in [0.25, 0.3) is 0 Å². The van der Waals surface area contributed by atoms with E-state index >= 15 is 0 Å². The lowest BCUT2D eigenvalue weighted by atomic mass is 9.63. The molecule has 0 unspecified atom stereocenters. The predicted molar refractivity (Wildman–Crippen MR) is 53.3 cm³/mol. The molecule has 0 bridgehead atoms. The quantitative estimate of drug-likeness (QED) is 0.640. The van der Waals surface area contributed by atoms with E-state index in [0.717, 1.165) is 6.42 Å². The fourth-order valence-electron chi connectivity index (χ4n) is 2.45. The Morgan fingerprint density at radius 2 is 1.92 bits per heavy atom. The maximum absolute atomic E-state index is 9.38. The van der Waals surface area contributed by atoms with Gasteiger partial charge in [-0.05, 0) is 25.2 Å². The van der Waals surface area contributed by atoms with E-state index in [0.29, 0.717) is 5.92 Å². The largest absolute Gasteiger partial charge is 0.396 e. The van der Waals surface area contributed by atoms with Gasteiger partial charge in [-0.2, -0.15) is 0 Å². The van der Waals surface area contributed by atoms with E-state index in [2.05, 4.69) is 26.8 Å². The fraction of sp³-hybridized carbons (Fsp3) is 0.818. The second-order valence-corrected chi connectivity index (χ2v) is 4.46. The molecule has 0 aliphatic heterocycles. The van der Waals surface area contributed by atoms with Gasteiger partial charge in [-0.1, -0.05) is 25.5 Å². The second-order valence-electron chi connectivity index (χ2n) is 4.46. The van der Waals surface area contributed by atoms with Crippen molar-refractivity contribution in [1.82, 2.24) is 0 Å². The molecule has 0 amide bonds. The number of rotatable bonds is 2. The number of allylic oxidation sites excluding steroid dienone is 2. The van der Waals surface area contributed by atoms with Crippen molar-refractivity contribution in [2.75, 3.05) is 13.2 Å². The number of hydrogen-bond donors (Lipinski definition) is 2. The molecule has 1 rings (SSSR count). The summed E-state index contributed by atoms with van der Waals surface area (Å²) in [6.07, 6.45) is 3.16. The summed E-state index contributed by atoms with van der Waals surface area (Å²) < 4.78 is 0. The van der Waals surface area contributed by atoms with E-state index in [1.807, 2.05) is 0 Å². The third kappa shape index (κ3) is 1.65. The summed E-state index contributed by atoms with van der Waals surface area (Å²) in [4.78, 5) is 0. The van der Waals surface area contributed by atoms with Gasteiger partial charge in [0.1, 0.15) is 0 Å². The molecule has 0 fully saturated rings. The molecule has 2 heteroatoms. The van der Waals surface area contributed by atoms with Crippen LogP contribution in [0.15, 0.2) is 11.6 Å². The van der Waals surface area contributed by atoms with Gasteiger partial charge in [-0.3, -0.25) is 0 Å². The summed E-state index contributed by atoms with van der Waals surface area (Å²) in [5.41, 5.74) is 1.07. The highest BCUT2D eigenvalue weighted by Gasteiger charge is 2.41. The SMILES string of the molecule is CC1=C[C@@H](C)C(CO)(CO)[C@H](C)C1. The Bertz CT molecular complexity index is 204. The first-order chi connectivity index (χ1) is 6.06. The van der Waals surface area contributed by atoms with Crippen LogP contribution < -0.4 is 0 Å². The van der Waals surface area contributed by atoms with E-state index in [1.54, 1.807) is 0 Å². The van der Waals surface area contributed by atoms with Gasteiger partial charge in [0, 0.05) is 5.41 Å². The molecule has 0 aromatic heterocycles. The van der Waals surface area contributed by atoms with Crippen molar-refractivity contribution in [2.24, 2.45) is 17.3 Å². The molecule has 2 atom stereocenters. The molecule has 0 saturated heterocycles. The van der Waals surface area contributed by atoms with Gasteiger partial charge in [0.25, 0.3) is 0 Å². The van der Waals surface area contributed by atoms with Crippen molar-refractivity contribution in [2.45, 2.75) is 27.2 Å². The van der Waals surface area contributed by atoms with E-state index in [9.17, 15) is 10.2 Å². The highest BCUT2D eigenvalue weighted by molar-refractivity contribution is 5.12. The minimum atomic E-state index is -0.306. The van der Waals surface area contributed by atoms with Crippen LogP contribution in [0.4, 0.5) is 0 Å². The van der Waals surface area contributed by atoms with Crippen LogP contribution >= 0.6 is 0 Å². The van der Waals surface area contributed by atoms with E-state index in [-0.39, 0.29) is 24.5 Å². The maximum atomic E-state index is 9.38. The molecule has 0 aromatic rings. The third-order valence-electron chi connectivity index (χ3n) is 3.64. The molecular weight excluding hydrogens is 164 g/mol. The maximum Gasteiger partial charge on any atom is 0.0517 e. The molecule has 1 aliphatic carbocycles. The van der Waals surface area contributed by atoms with Gasteiger partial charge in [0.05, 0.1) is 13.2 Å². The van der Waals surface area contributed by atoms with Crippen molar-refractivity contribution in [3.8, 4) is 0 Å². The lowest BCUT2D eigenvalue weighted by Gasteiger charge is -2.43. The Hall–Kier alpha value is -0.340. The molecule has 0 saturated carbocycles. The van der Waals surface area contributed by atoms with Crippen LogP contribution in [0.2, 0.25) is 0 Å². The zero-order chi connectivity index (χ0) is 10.1. The zero-order valence-electron chi connectivity index (χ0n) is 8.75. The van der Waals surface area contributed by atoms with Gasteiger partial charge in [-0.25, -0.2) is 0 Å². The van der Waals surface area contributed by atoms with Gasteiger partial charge in [0.2, 0.25) is 0 Å². The van der Waals surface area contributed by atoms with Gasteiger partial charge in [-0.15, -0.1) is 0 Å². The summed E-state index contributed by atoms with van der Waals surface area (Å²) in [5, 5.41) is 18.8. The number of hydrogen-bond acceptors (Lipinski definition) is 2. The molecule has 13 heavy (non-hydrogen) atoms. The average molecular weight is 184 g/mol. The van der Waals surface area contributed by atoms with E-state index in [4.69, 9.17) is 0 Å². The summed E-state index contributed by atoms with van der Waals surface area (Å²) in [5.74, 6) is 0.633. The van der Waals surface area contributed by atoms with Gasteiger partial charge in [0.15, 0.2) is 0 Å². The van der Waals surface area contributed by atoms with Crippen LogP contribution in [0.3, 0.4) is 0 Å². The Kier molecular flexibility index (Phi) is 3.14. The van der Waals surface area contributed by atoms with Gasteiger partial charge < -0.3 is 10.2 Å². The molecule has 0 spiro atoms. The van der Waals surface area contributed by atoms with Crippen LogP contribution in [0.1, 0.15) is 27.2 Å². The molecule has 76 valence electrons. The Balaban J connectivity index is 2.96. The Morgan fingerprint density at radius 1 is 1.38 bits per heavy atom. The van der Waals surface area contributed by atoms with Crippen molar-refractivity contribution in [1.29, 1.82) is 0 Å². The van der Waals surface area contributed by atoms with Crippen LogP contribution in [0.5, 0.6) is 0 Å². The summed E-state index contributed by atoms with van der Waals surface area (Å²) >= 11 is 0. The minimum Gasteiger partial charge on any atom is -0.396 e. The Morgan fingerprint density at radius 3 is 2.31 bits per heavy atom. The number of aliphatic hydroxyl groups is 2. The van der Waals surface area contributed by atoms with E-state index < -0.39 is 0 Å².